The van der Waals surface area contributed by atoms with Crippen LogP contribution in [0.4, 0.5) is 0 Å². The standard InChI is InChI=1S/C15H16N4OS/c1-3-9-21-15-17-14(20)13-10-7-5-6-8-11(10)16-12(4-2)19(13)18-15/h3,5-8,12H,1,4,9H2,2H3,(H,17,18,20)/t12-/m1/s1. The summed E-state index contributed by atoms with van der Waals surface area (Å²) >= 11 is 1.45. The topological polar surface area (TPSA) is 57.1 Å². The van der Waals surface area contributed by atoms with Gasteiger partial charge in [0.25, 0.3) is 5.91 Å². The van der Waals surface area contributed by atoms with Gasteiger partial charge in [0.1, 0.15) is 11.9 Å². The van der Waals surface area contributed by atoms with E-state index in [1.165, 1.54) is 11.8 Å². The Labute approximate surface area is 127 Å². The van der Waals surface area contributed by atoms with E-state index in [1.807, 2.05) is 31.2 Å². The zero-order valence-electron chi connectivity index (χ0n) is 11.7. The van der Waals surface area contributed by atoms with Crippen LogP contribution in [-0.4, -0.2) is 28.0 Å². The number of nitrogens with zero attached hydrogens (tertiary/aromatic N) is 3. The lowest BCUT2D eigenvalue weighted by Crippen LogP contribution is -2.52. The van der Waals surface area contributed by atoms with Crippen molar-refractivity contribution in [1.29, 1.82) is 0 Å². The summed E-state index contributed by atoms with van der Waals surface area (Å²) in [6.07, 6.45) is 2.43. The van der Waals surface area contributed by atoms with Crippen molar-refractivity contribution in [2.75, 3.05) is 5.75 Å². The first-order valence-corrected chi connectivity index (χ1v) is 7.83. The molecule has 2 aliphatic rings. The predicted octanol–water partition coefficient (Wildman–Crippen LogP) is 0.786. The fourth-order valence-corrected chi connectivity index (χ4v) is 2.95. The van der Waals surface area contributed by atoms with Crippen molar-refractivity contribution in [1.82, 2.24) is 10.3 Å². The zero-order valence-corrected chi connectivity index (χ0v) is 12.6. The van der Waals surface area contributed by atoms with Gasteiger partial charge in [0, 0.05) is 11.0 Å². The molecule has 21 heavy (non-hydrogen) atoms. The van der Waals surface area contributed by atoms with Gasteiger partial charge in [0.2, 0.25) is 0 Å². The van der Waals surface area contributed by atoms with Crippen LogP contribution in [0.2, 0.25) is 0 Å². The van der Waals surface area contributed by atoms with Gasteiger partial charge < -0.3 is 0 Å². The van der Waals surface area contributed by atoms with Gasteiger partial charge in [-0.15, -0.1) is 11.7 Å². The van der Waals surface area contributed by atoms with Crippen LogP contribution in [0.1, 0.15) is 13.3 Å². The van der Waals surface area contributed by atoms with Crippen molar-refractivity contribution in [2.24, 2.45) is 10.1 Å². The van der Waals surface area contributed by atoms with E-state index in [0.717, 1.165) is 17.0 Å². The minimum absolute atomic E-state index is 0.127. The second-order valence-corrected chi connectivity index (χ2v) is 5.70. The summed E-state index contributed by atoms with van der Waals surface area (Å²) in [5.74, 6) is 0.574. The van der Waals surface area contributed by atoms with Gasteiger partial charge in [0.15, 0.2) is 5.17 Å². The third-order valence-electron chi connectivity index (χ3n) is 3.30. The highest BCUT2D eigenvalue weighted by molar-refractivity contribution is 8.14. The monoisotopic (exact) mass is 300 g/mol. The van der Waals surface area contributed by atoms with Gasteiger partial charge >= 0.3 is 0 Å². The van der Waals surface area contributed by atoms with E-state index in [-0.39, 0.29) is 12.1 Å². The Kier molecular flexibility index (Phi) is 3.79. The summed E-state index contributed by atoms with van der Waals surface area (Å²) in [5.41, 5.74) is 0.579. The van der Waals surface area contributed by atoms with Crippen LogP contribution in [0.5, 0.6) is 0 Å². The smallest absolute Gasteiger partial charge is 0.276 e. The Bertz CT molecular complexity index is 740. The third kappa shape index (κ3) is 2.47. The Hall–Kier alpha value is -2.08. The van der Waals surface area contributed by atoms with Crippen LogP contribution in [0, 0.1) is 0 Å². The SMILES string of the molecule is C=CCSC1=NN2C(=c3ccccc3=N[C@H]2CC)C(=O)N1. The summed E-state index contributed by atoms with van der Waals surface area (Å²) in [4.78, 5) is 17.2. The molecule has 0 spiro atoms. The minimum Gasteiger partial charge on any atom is -0.298 e. The van der Waals surface area contributed by atoms with E-state index in [2.05, 4.69) is 22.0 Å². The van der Waals surface area contributed by atoms with Crippen LogP contribution in [0.25, 0.3) is 5.70 Å². The van der Waals surface area contributed by atoms with Crippen LogP contribution < -0.4 is 15.9 Å². The molecule has 6 heteroatoms. The molecule has 108 valence electrons. The first kappa shape index (κ1) is 13.9. The highest BCUT2D eigenvalue weighted by Gasteiger charge is 2.32. The Morgan fingerprint density at radius 3 is 3.05 bits per heavy atom. The number of fused-ring (bicyclic) bond motifs is 2. The largest absolute Gasteiger partial charge is 0.298 e. The summed E-state index contributed by atoms with van der Waals surface area (Å²) in [7, 11) is 0. The molecule has 0 radical (unpaired) electrons. The molecule has 2 aliphatic heterocycles. The first-order valence-electron chi connectivity index (χ1n) is 6.84. The van der Waals surface area contributed by atoms with E-state index in [9.17, 15) is 4.79 Å². The van der Waals surface area contributed by atoms with Crippen molar-refractivity contribution in [3.05, 3.63) is 47.5 Å². The lowest BCUT2D eigenvalue weighted by atomic mass is 10.1. The average Bonchev–Trinajstić information content (AvgIpc) is 2.51. The number of amidine groups is 1. The molecule has 1 N–H and O–H groups in total. The van der Waals surface area contributed by atoms with E-state index in [1.54, 1.807) is 11.1 Å². The molecule has 5 nitrogen and oxygen atoms in total. The molecule has 3 rings (SSSR count). The van der Waals surface area contributed by atoms with E-state index in [4.69, 9.17) is 0 Å². The Balaban J connectivity index is 2.14. The molecule has 0 fully saturated rings. The molecular weight excluding hydrogens is 284 g/mol. The number of carbonyl (C=O) groups excluding carboxylic acids is 1. The fraction of sp³-hybridized carbons (Fsp3) is 0.267. The number of para-hydroxylation sites is 1. The summed E-state index contributed by atoms with van der Waals surface area (Å²) in [6.45, 7) is 5.72. The van der Waals surface area contributed by atoms with Gasteiger partial charge in [-0.25, -0.2) is 5.01 Å². The molecule has 0 unspecified atom stereocenters. The third-order valence-corrected chi connectivity index (χ3v) is 4.16. The van der Waals surface area contributed by atoms with E-state index in [0.29, 0.717) is 16.6 Å². The first-order chi connectivity index (χ1) is 10.2. The lowest BCUT2D eigenvalue weighted by Gasteiger charge is -2.33. The fourth-order valence-electron chi connectivity index (χ4n) is 2.36. The zero-order chi connectivity index (χ0) is 14.8. The molecule has 1 aromatic carbocycles. The molecule has 1 amide bonds. The molecule has 1 aromatic rings. The number of hydrogen-bond acceptors (Lipinski definition) is 5. The second-order valence-electron chi connectivity index (χ2n) is 4.69. The van der Waals surface area contributed by atoms with Gasteiger partial charge in [-0.2, -0.15) is 0 Å². The summed E-state index contributed by atoms with van der Waals surface area (Å²) in [5, 5.41) is 11.4. The normalized spacial score (nSPS) is 20.0. The van der Waals surface area contributed by atoms with Crippen LogP contribution >= 0.6 is 11.8 Å². The Morgan fingerprint density at radius 1 is 1.48 bits per heavy atom. The number of carbonyl (C=O) groups is 1. The second kappa shape index (κ2) is 5.73. The molecule has 0 bridgehead atoms. The maximum Gasteiger partial charge on any atom is 0.276 e. The van der Waals surface area contributed by atoms with Gasteiger partial charge in [-0.1, -0.05) is 43.0 Å². The molecule has 0 saturated heterocycles. The predicted molar refractivity (Wildman–Crippen MR) is 84.8 cm³/mol. The molecule has 1 atom stereocenters. The highest BCUT2D eigenvalue weighted by atomic mass is 32.2. The average molecular weight is 300 g/mol. The minimum atomic E-state index is -0.139. The molecule has 2 heterocycles. The maximum absolute atomic E-state index is 12.5. The number of rotatable bonds is 3. The number of amides is 1. The maximum atomic E-state index is 12.5. The summed E-state index contributed by atoms with van der Waals surface area (Å²) in [6, 6.07) is 7.68. The van der Waals surface area contributed by atoms with Crippen LogP contribution in [0.3, 0.4) is 0 Å². The van der Waals surface area contributed by atoms with Crippen molar-refractivity contribution in [3.8, 4) is 0 Å². The van der Waals surface area contributed by atoms with Crippen molar-refractivity contribution >= 4 is 28.5 Å². The quantitative estimate of drug-likeness (QED) is 0.840. The number of thioether (sulfide) groups is 1. The van der Waals surface area contributed by atoms with Crippen LogP contribution in [0.15, 0.2) is 47.0 Å². The Morgan fingerprint density at radius 2 is 2.29 bits per heavy atom. The van der Waals surface area contributed by atoms with Crippen LogP contribution in [-0.2, 0) is 4.79 Å². The molecule has 0 aliphatic carbocycles. The molecule has 0 aromatic heterocycles. The van der Waals surface area contributed by atoms with E-state index >= 15 is 0 Å². The molecular formula is C15H16N4OS. The summed E-state index contributed by atoms with van der Waals surface area (Å²) < 4.78 is 0. The number of nitrogens with one attached hydrogen (secondary N) is 1. The van der Waals surface area contributed by atoms with Gasteiger partial charge in [-0.3, -0.25) is 15.1 Å². The number of hydrogen-bond donors (Lipinski definition) is 1. The number of hydrazone groups is 1. The van der Waals surface area contributed by atoms with Crippen molar-refractivity contribution < 1.29 is 4.79 Å². The van der Waals surface area contributed by atoms with E-state index < -0.39 is 0 Å². The van der Waals surface area contributed by atoms with Crippen molar-refractivity contribution in [2.45, 2.75) is 19.5 Å². The highest BCUT2D eigenvalue weighted by Crippen LogP contribution is 2.21. The van der Waals surface area contributed by atoms with Gasteiger partial charge in [0.05, 0.1) is 5.36 Å². The number of benzene rings is 1. The molecule has 0 saturated carbocycles. The van der Waals surface area contributed by atoms with Gasteiger partial charge in [-0.05, 0) is 12.5 Å². The van der Waals surface area contributed by atoms with Crippen molar-refractivity contribution in [3.63, 3.8) is 0 Å². The lowest BCUT2D eigenvalue weighted by molar-refractivity contribution is -0.116.